The van der Waals surface area contributed by atoms with Crippen molar-refractivity contribution in [1.29, 1.82) is 0 Å². The molecule has 30 heavy (non-hydrogen) atoms. The smallest absolute Gasteiger partial charge is 0.329 e. The molecule has 1 unspecified atom stereocenters. The predicted octanol–water partition coefficient (Wildman–Crippen LogP) is 4.75. The molecule has 1 N–H and O–H groups in total. The summed E-state index contributed by atoms with van der Waals surface area (Å²) in [5.74, 6) is -0.348. The summed E-state index contributed by atoms with van der Waals surface area (Å²) in [5.41, 5.74) is 0.862. The van der Waals surface area contributed by atoms with E-state index in [-0.39, 0.29) is 17.5 Å². The molecule has 1 aliphatic rings. The summed E-state index contributed by atoms with van der Waals surface area (Å²) in [6, 6.07) is 9.06. The Labute approximate surface area is 173 Å². The third-order valence-corrected chi connectivity index (χ3v) is 5.66. The number of hydrogen-bond donors (Lipinski definition) is 1. The first kappa shape index (κ1) is 22.1. The molecule has 0 heterocycles. The second kappa shape index (κ2) is 7.94. The van der Waals surface area contributed by atoms with E-state index in [1.165, 1.54) is 12.1 Å². The van der Waals surface area contributed by atoms with Gasteiger partial charge in [-0.1, -0.05) is 18.2 Å². The lowest BCUT2D eigenvalue weighted by atomic mass is 10.0. The van der Waals surface area contributed by atoms with Crippen LogP contribution in [0.5, 0.6) is 0 Å². The summed E-state index contributed by atoms with van der Waals surface area (Å²) < 4.78 is 64.9. The molecular formula is C21H23F3N2O3S. The molecule has 2 aromatic carbocycles. The van der Waals surface area contributed by atoms with Crippen LogP contribution in [0.3, 0.4) is 0 Å². The van der Waals surface area contributed by atoms with E-state index < -0.39 is 27.8 Å². The Kier molecular flexibility index (Phi) is 5.86. The van der Waals surface area contributed by atoms with Gasteiger partial charge in [-0.3, -0.25) is 9.52 Å². The molecule has 1 amide bonds. The van der Waals surface area contributed by atoms with E-state index in [1.807, 2.05) is 0 Å². The number of rotatable bonds is 6. The van der Waals surface area contributed by atoms with Gasteiger partial charge in [-0.25, -0.2) is 8.42 Å². The van der Waals surface area contributed by atoms with E-state index in [2.05, 4.69) is 4.72 Å². The van der Waals surface area contributed by atoms with E-state index in [4.69, 9.17) is 0 Å². The Morgan fingerprint density at radius 1 is 1.17 bits per heavy atom. The number of alkyl halides is 3. The second-order valence-corrected chi connectivity index (χ2v) is 9.40. The minimum atomic E-state index is -4.46. The number of amides is 1. The van der Waals surface area contributed by atoms with Gasteiger partial charge in [0.2, 0.25) is 10.0 Å². The molecule has 0 saturated heterocycles. The summed E-state index contributed by atoms with van der Waals surface area (Å²) in [6.45, 7) is 3.42. The quantitative estimate of drug-likeness (QED) is 0.705. The van der Waals surface area contributed by atoms with Gasteiger partial charge in [0.15, 0.2) is 0 Å². The highest BCUT2D eigenvalue weighted by atomic mass is 32.2. The standard InChI is InChI=1S/C21H23F3N2O3S/c1-13-7-8-16(12-19(13)25-30(3,28)29)20(27)26(18-9-10-18)14(2)15-5-4-6-17(11-15)21(22,23)24/h4-8,11-12,14,18,25H,9-10H2,1-3H3. The maximum Gasteiger partial charge on any atom is 0.416 e. The van der Waals surface area contributed by atoms with Crippen molar-refractivity contribution in [2.75, 3.05) is 11.0 Å². The van der Waals surface area contributed by atoms with Gasteiger partial charge in [-0.15, -0.1) is 0 Å². The molecular weight excluding hydrogens is 417 g/mol. The fraction of sp³-hybridized carbons (Fsp3) is 0.381. The van der Waals surface area contributed by atoms with Gasteiger partial charge in [0, 0.05) is 11.6 Å². The molecule has 0 bridgehead atoms. The zero-order valence-electron chi connectivity index (χ0n) is 16.8. The van der Waals surface area contributed by atoms with Crippen molar-refractivity contribution in [1.82, 2.24) is 4.90 Å². The van der Waals surface area contributed by atoms with Crippen molar-refractivity contribution >= 4 is 21.6 Å². The van der Waals surface area contributed by atoms with E-state index >= 15 is 0 Å². The lowest BCUT2D eigenvalue weighted by molar-refractivity contribution is -0.137. The molecule has 0 radical (unpaired) electrons. The van der Waals surface area contributed by atoms with Gasteiger partial charge in [-0.05, 0) is 62.1 Å². The van der Waals surface area contributed by atoms with Crippen LogP contribution < -0.4 is 4.72 Å². The number of nitrogens with zero attached hydrogens (tertiary/aromatic N) is 1. The molecule has 162 valence electrons. The van der Waals surface area contributed by atoms with Gasteiger partial charge in [0.1, 0.15) is 0 Å². The average Bonchev–Trinajstić information content (AvgIpc) is 3.47. The molecule has 9 heteroatoms. The van der Waals surface area contributed by atoms with Crippen LogP contribution in [0.25, 0.3) is 0 Å². The maximum absolute atomic E-state index is 13.3. The minimum Gasteiger partial charge on any atom is -0.329 e. The predicted molar refractivity (Wildman–Crippen MR) is 109 cm³/mol. The fourth-order valence-electron chi connectivity index (χ4n) is 3.36. The van der Waals surface area contributed by atoms with Gasteiger partial charge < -0.3 is 4.90 Å². The topological polar surface area (TPSA) is 66.5 Å². The fourth-order valence-corrected chi connectivity index (χ4v) is 3.98. The van der Waals surface area contributed by atoms with E-state index in [9.17, 15) is 26.4 Å². The van der Waals surface area contributed by atoms with Crippen LogP contribution in [0.2, 0.25) is 0 Å². The lowest BCUT2D eigenvalue weighted by Gasteiger charge is -2.30. The highest BCUT2D eigenvalue weighted by molar-refractivity contribution is 7.92. The Morgan fingerprint density at radius 2 is 1.83 bits per heavy atom. The molecule has 0 spiro atoms. The Hall–Kier alpha value is -2.55. The number of halogens is 3. The van der Waals surface area contributed by atoms with Gasteiger partial charge in [-0.2, -0.15) is 13.2 Å². The molecule has 5 nitrogen and oxygen atoms in total. The number of carbonyl (C=O) groups is 1. The first-order valence-corrected chi connectivity index (χ1v) is 11.3. The van der Waals surface area contributed by atoms with E-state index in [0.29, 0.717) is 16.8 Å². The number of anilines is 1. The number of carbonyl (C=O) groups excluding carboxylic acids is 1. The summed E-state index contributed by atoms with van der Waals surface area (Å²) in [5, 5.41) is 0. The van der Waals surface area contributed by atoms with Crippen LogP contribution >= 0.6 is 0 Å². The first-order valence-electron chi connectivity index (χ1n) is 9.45. The normalized spacial score (nSPS) is 15.5. The van der Waals surface area contributed by atoms with Gasteiger partial charge >= 0.3 is 6.18 Å². The third-order valence-electron chi connectivity index (χ3n) is 5.07. The molecule has 0 aliphatic heterocycles. The van der Waals surface area contributed by atoms with Crippen LogP contribution in [-0.4, -0.2) is 31.5 Å². The number of sulfonamides is 1. The van der Waals surface area contributed by atoms with Crippen molar-refractivity contribution in [3.63, 3.8) is 0 Å². The van der Waals surface area contributed by atoms with Crippen molar-refractivity contribution < 1.29 is 26.4 Å². The Bertz CT molecular complexity index is 1060. The lowest BCUT2D eigenvalue weighted by Crippen LogP contribution is -2.35. The molecule has 1 saturated carbocycles. The molecule has 1 fully saturated rings. The zero-order valence-corrected chi connectivity index (χ0v) is 17.6. The molecule has 3 rings (SSSR count). The maximum atomic E-state index is 13.3. The van der Waals surface area contributed by atoms with E-state index in [0.717, 1.165) is 31.2 Å². The van der Waals surface area contributed by atoms with Crippen molar-refractivity contribution in [2.45, 2.75) is 44.9 Å². The highest BCUT2D eigenvalue weighted by Gasteiger charge is 2.38. The SMILES string of the molecule is Cc1ccc(C(=O)N(C2CC2)C(C)c2cccc(C(F)(F)F)c2)cc1NS(C)(=O)=O. The average molecular weight is 440 g/mol. The van der Waals surface area contributed by atoms with Crippen molar-refractivity contribution in [2.24, 2.45) is 0 Å². The van der Waals surface area contributed by atoms with E-state index in [1.54, 1.807) is 36.9 Å². The first-order chi connectivity index (χ1) is 13.9. The zero-order chi connectivity index (χ0) is 22.3. The summed E-state index contributed by atoms with van der Waals surface area (Å²) in [7, 11) is -3.53. The molecule has 1 atom stereocenters. The van der Waals surface area contributed by atoms with Crippen LogP contribution in [0, 0.1) is 6.92 Å². The van der Waals surface area contributed by atoms with Crippen LogP contribution in [-0.2, 0) is 16.2 Å². The minimum absolute atomic E-state index is 0.0605. The Balaban J connectivity index is 1.94. The second-order valence-electron chi connectivity index (χ2n) is 7.65. The summed E-state index contributed by atoms with van der Waals surface area (Å²) in [4.78, 5) is 14.9. The molecule has 0 aromatic heterocycles. The summed E-state index contributed by atoms with van der Waals surface area (Å²) in [6.07, 6.45) is -1.90. The number of benzene rings is 2. The molecule has 1 aliphatic carbocycles. The van der Waals surface area contributed by atoms with Gasteiger partial charge in [0.25, 0.3) is 5.91 Å². The molecule has 2 aromatic rings. The van der Waals surface area contributed by atoms with Gasteiger partial charge in [0.05, 0.1) is 23.5 Å². The monoisotopic (exact) mass is 440 g/mol. The summed E-state index contributed by atoms with van der Waals surface area (Å²) >= 11 is 0. The highest BCUT2D eigenvalue weighted by Crippen LogP contribution is 2.38. The number of hydrogen-bond acceptors (Lipinski definition) is 3. The van der Waals surface area contributed by atoms with Crippen molar-refractivity contribution in [3.05, 3.63) is 64.7 Å². The van der Waals surface area contributed by atoms with Crippen molar-refractivity contribution in [3.8, 4) is 0 Å². The number of aryl methyl sites for hydroxylation is 1. The van der Waals surface area contributed by atoms with Crippen LogP contribution in [0.4, 0.5) is 18.9 Å². The number of nitrogens with one attached hydrogen (secondary N) is 1. The Morgan fingerprint density at radius 3 is 2.40 bits per heavy atom. The van der Waals surface area contributed by atoms with Crippen LogP contribution in [0.1, 0.15) is 52.9 Å². The third kappa shape index (κ3) is 5.13. The van der Waals surface area contributed by atoms with Crippen LogP contribution in [0.15, 0.2) is 42.5 Å². The largest absolute Gasteiger partial charge is 0.416 e.